The van der Waals surface area contributed by atoms with E-state index in [0.717, 1.165) is 44.4 Å². The van der Waals surface area contributed by atoms with Crippen LogP contribution in [0.2, 0.25) is 0 Å². The van der Waals surface area contributed by atoms with E-state index in [4.69, 9.17) is 9.47 Å². The van der Waals surface area contributed by atoms with E-state index in [9.17, 15) is 0 Å². The number of rotatable bonds is 11. The number of nitrogens with one attached hydrogen (secondary N) is 2. The number of methoxy groups -OCH3 is 1. The molecule has 0 spiro atoms. The quantitative estimate of drug-likeness (QED) is 0.228. The Balaban J connectivity index is 0.00000576. The van der Waals surface area contributed by atoms with Crippen LogP contribution in [0.1, 0.15) is 12.0 Å². The molecule has 1 aromatic carbocycles. The Morgan fingerprint density at radius 3 is 2.60 bits per heavy atom. The van der Waals surface area contributed by atoms with Gasteiger partial charge < -0.3 is 25.0 Å². The number of hydrogen-bond donors (Lipinski definition) is 2. The van der Waals surface area contributed by atoms with Crippen LogP contribution in [0, 0.1) is 6.92 Å². The Morgan fingerprint density at radius 2 is 1.92 bits per heavy atom. The summed E-state index contributed by atoms with van der Waals surface area (Å²) in [6, 6.07) is 8.07. The molecule has 144 valence electrons. The standard InChI is InChI=1S/C18H32N4O2.HI/c1-16-7-5-8-17(15-16)24-14-10-21-18(19-2)20-9-12-22(3)11-6-13-23-4;/h5,7-8,15H,6,9-14H2,1-4H3,(H2,19,20,21);1H. The van der Waals surface area contributed by atoms with Crippen LogP contribution in [0.15, 0.2) is 29.3 Å². The predicted octanol–water partition coefficient (Wildman–Crippen LogP) is 2.13. The smallest absolute Gasteiger partial charge is 0.191 e. The molecule has 0 unspecified atom stereocenters. The van der Waals surface area contributed by atoms with E-state index >= 15 is 0 Å². The topological polar surface area (TPSA) is 58.1 Å². The number of benzene rings is 1. The van der Waals surface area contributed by atoms with Gasteiger partial charge in [0.25, 0.3) is 0 Å². The molecule has 0 bridgehead atoms. The first-order valence-electron chi connectivity index (χ1n) is 8.47. The summed E-state index contributed by atoms with van der Waals surface area (Å²) in [5.41, 5.74) is 1.20. The molecule has 0 saturated heterocycles. The van der Waals surface area contributed by atoms with E-state index in [0.29, 0.717) is 13.2 Å². The van der Waals surface area contributed by atoms with Gasteiger partial charge in [0.2, 0.25) is 0 Å². The summed E-state index contributed by atoms with van der Waals surface area (Å²) in [6.45, 7) is 7.02. The highest BCUT2D eigenvalue weighted by Crippen LogP contribution is 2.11. The summed E-state index contributed by atoms with van der Waals surface area (Å²) >= 11 is 0. The molecule has 0 radical (unpaired) electrons. The number of guanidine groups is 1. The highest BCUT2D eigenvalue weighted by Gasteiger charge is 2.01. The number of halogens is 1. The molecular weight excluding hydrogens is 431 g/mol. The van der Waals surface area contributed by atoms with Crippen LogP contribution < -0.4 is 15.4 Å². The van der Waals surface area contributed by atoms with Crippen LogP contribution in [-0.2, 0) is 4.74 Å². The monoisotopic (exact) mass is 464 g/mol. The first-order chi connectivity index (χ1) is 11.7. The highest BCUT2D eigenvalue weighted by atomic mass is 127. The van der Waals surface area contributed by atoms with Crippen LogP contribution in [0.3, 0.4) is 0 Å². The van der Waals surface area contributed by atoms with Crippen molar-refractivity contribution in [1.82, 2.24) is 15.5 Å². The third kappa shape index (κ3) is 12.0. The second kappa shape index (κ2) is 15.2. The maximum absolute atomic E-state index is 5.71. The highest BCUT2D eigenvalue weighted by molar-refractivity contribution is 14.0. The molecule has 0 aromatic heterocycles. The second-order valence-corrected chi connectivity index (χ2v) is 5.74. The Bertz CT molecular complexity index is 486. The van der Waals surface area contributed by atoms with E-state index in [2.05, 4.69) is 40.6 Å². The lowest BCUT2D eigenvalue weighted by molar-refractivity contribution is 0.180. The van der Waals surface area contributed by atoms with Gasteiger partial charge in [-0.1, -0.05) is 12.1 Å². The minimum Gasteiger partial charge on any atom is -0.492 e. The van der Waals surface area contributed by atoms with Crippen molar-refractivity contribution in [3.05, 3.63) is 29.8 Å². The summed E-state index contributed by atoms with van der Waals surface area (Å²) in [5.74, 6) is 1.70. The molecule has 0 saturated carbocycles. The third-order valence-electron chi connectivity index (χ3n) is 3.55. The van der Waals surface area contributed by atoms with E-state index < -0.39 is 0 Å². The maximum atomic E-state index is 5.71. The van der Waals surface area contributed by atoms with Crippen LogP contribution in [0.5, 0.6) is 5.75 Å². The van der Waals surface area contributed by atoms with E-state index in [1.54, 1.807) is 14.2 Å². The Hall–Kier alpha value is -1.06. The Kier molecular flexibility index (Phi) is 14.6. The molecule has 0 atom stereocenters. The van der Waals surface area contributed by atoms with E-state index in [1.165, 1.54) is 5.56 Å². The lowest BCUT2D eigenvalue weighted by atomic mass is 10.2. The van der Waals surface area contributed by atoms with Crippen LogP contribution in [0.4, 0.5) is 0 Å². The summed E-state index contributed by atoms with van der Waals surface area (Å²) in [5, 5.41) is 6.56. The summed E-state index contributed by atoms with van der Waals surface area (Å²) in [4.78, 5) is 6.50. The van der Waals surface area contributed by atoms with Crippen molar-refractivity contribution in [3.8, 4) is 5.75 Å². The molecule has 0 aliphatic rings. The van der Waals surface area contributed by atoms with E-state index in [-0.39, 0.29) is 24.0 Å². The average molecular weight is 464 g/mol. The fraction of sp³-hybridized carbons (Fsp3) is 0.611. The first kappa shape index (κ1) is 23.9. The number of likely N-dealkylation sites (N-methyl/N-ethyl adjacent to an activating group) is 1. The first-order valence-corrected chi connectivity index (χ1v) is 8.47. The molecule has 0 amide bonds. The molecular formula is C18H33IN4O2. The van der Waals surface area contributed by atoms with Gasteiger partial charge in [-0.25, -0.2) is 0 Å². The molecule has 0 aliphatic heterocycles. The average Bonchev–Trinajstić information content (AvgIpc) is 2.57. The van der Waals surface area contributed by atoms with Gasteiger partial charge in [-0.3, -0.25) is 4.99 Å². The van der Waals surface area contributed by atoms with Crippen molar-refractivity contribution in [3.63, 3.8) is 0 Å². The number of aliphatic imine (C=N–C) groups is 1. The van der Waals surface area contributed by atoms with Crippen molar-refractivity contribution in [1.29, 1.82) is 0 Å². The summed E-state index contributed by atoms with van der Waals surface area (Å²) in [7, 11) is 5.63. The van der Waals surface area contributed by atoms with Crippen LogP contribution >= 0.6 is 24.0 Å². The van der Waals surface area contributed by atoms with Crippen molar-refractivity contribution in [2.75, 3.05) is 60.6 Å². The van der Waals surface area contributed by atoms with Gasteiger partial charge in [-0.15, -0.1) is 24.0 Å². The molecule has 0 fully saturated rings. The van der Waals surface area contributed by atoms with E-state index in [1.807, 2.05) is 18.2 Å². The number of nitrogens with zero attached hydrogens (tertiary/aromatic N) is 2. The van der Waals surface area contributed by atoms with Crippen LogP contribution in [0.25, 0.3) is 0 Å². The number of aryl methyl sites for hydroxylation is 1. The normalized spacial score (nSPS) is 11.2. The van der Waals surface area contributed by atoms with Gasteiger partial charge >= 0.3 is 0 Å². The molecule has 1 rings (SSSR count). The molecule has 25 heavy (non-hydrogen) atoms. The minimum atomic E-state index is 0. The molecule has 6 nitrogen and oxygen atoms in total. The minimum absolute atomic E-state index is 0. The van der Waals surface area contributed by atoms with Gasteiger partial charge in [0, 0.05) is 40.4 Å². The Morgan fingerprint density at radius 1 is 1.16 bits per heavy atom. The van der Waals surface area contributed by atoms with Crippen molar-refractivity contribution in [2.24, 2.45) is 4.99 Å². The molecule has 1 aromatic rings. The zero-order valence-electron chi connectivity index (χ0n) is 15.9. The van der Waals surface area contributed by atoms with Crippen molar-refractivity contribution >= 4 is 29.9 Å². The zero-order valence-corrected chi connectivity index (χ0v) is 18.2. The van der Waals surface area contributed by atoms with Gasteiger partial charge in [-0.2, -0.15) is 0 Å². The lowest BCUT2D eigenvalue weighted by Crippen LogP contribution is -2.42. The largest absolute Gasteiger partial charge is 0.492 e. The second-order valence-electron chi connectivity index (χ2n) is 5.74. The Labute approximate surface area is 169 Å². The number of hydrogen-bond acceptors (Lipinski definition) is 4. The number of ether oxygens (including phenoxy) is 2. The van der Waals surface area contributed by atoms with Gasteiger partial charge in [-0.05, 0) is 38.1 Å². The SMILES string of the molecule is CN=C(NCCOc1cccc(C)c1)NCCN(C)CCCOC.I. The van der Waals surface area contributed by atoms with Gasteiger partial charge in [0.05, 0.1) is 6.54 Å². The molecule has 0 aliphatic carbocycles. The van der Waals surface area contributed by atoms with Crippen LogP contribution in [-0.4, -0.2) is 71.5 Å². The summed E-state index contributed by atoms with van der Waals surface area (Å²) in [6.07, 6.45) is 1.05. The molecule has 2 N–H and O–H groups in total. The molecule has 7 heteroatoms. The van der Waals surface area contributed by atoms with Crippen molar-refractivity contribution < 1.29 is 9.47 Å². The fourth-order valence-electron chi connectivity index (χ4n) is 2.22. The molecule has 0 heterocycles. The maximum Gasteiger partial charge on any atom is 0.191 e. The van der Waals surface area contributed by atoms with Gasteiger partial charge in [0.15, 0.2) is 5.96 Å². The predicted molar refractivity (Wildman–Crippen MR) is 115 cm³/mol. The third-order valence-corrected chi connectivity index (χ3v) is 3.55. The fourth-order valence-corrected chi connectivity index (χ4v) is 2.22. The summed E-state index contributed by atoms with van der Waals surface area (Å²) < 4.78 is 10.8. The lowest BCUT2D eigenvalue weighted by Gasteiger charge is -2.18. The van der Waals surface area contributed by atoms with Crippen molar-refractivity contribution in [2.45, 2.75) is 13.3 Å². The van der Waals surface area contributed by atoms with Gasteiger partial charge in [0.1, 0.15) is 12.4 Å². The zero-order chi connectivity index (χ0) is 17.6.